The fourth-order valence-electron chi connectivity index (χ4n) is 7.78. The summed E-state index contributed by atoms with van der Waals surface area (Å²) in [5.41, 5.74) is 9.71. The SMILES string of the molecule is Cc1cccc(C)c1C(=O)c1ccc(C2CN(Cc3ccccc3)CCO2)cc1.OC(c1ccc(C2CN(Cc3ccccc3)CCO2)cc1)c1c(Cl)cccc1Cl. The average Bonchev–Trinajstić information content (AvgIpc) is 3.25. The first kappa shape index (κ1) is 41.5. The number of rotatable bonds is 10. The van der Waals surface area contributed by atoms with Crippen LogP contribution in [-0.4, -0.2) is 60.1 Å². The van der Waals surface area contributed by atoms with Gasteiger partial charge in [-0.3, -0.25) is 14.6 Å². The van der Waals surface area contributed by atoms with E-state index >= 15 is 0 Å². The number of hydrogen-bond acceptors (Lipinski definition) is 6. The smallest absolute Gasteiger partial charge is 0.193 e. The van der Waals surface area contributed by atoms with Crippen molar-refractivity contribution in [3.63, 3.8) is 0 Å². The van der Waals surface area contributed by atoms with E-state index in [1.54, 1.807) is 18.2 Å². The average molecular weight is 814 g/mol. The van der Waals surface area contributed by atoms with Gasteiger partial charge in [-0.1, -0.05) is 157 Å². The zero-order valence-electron chi connectivity index (χ0n) is 33.1. The van der Waals surface area contributed by atoms with Crippen molar-refractivity contribution >= 4 is 29.0 Å². The maximum atomic E-state index is 13.0. The number of carbonyl (C=O) groups excluding carboxylic acids is 1. The van der Waals surface area contributed by atoms with E-state index in [9.17, 15) is 9.90 Å². The van der Waals surface area contributed by atoms with E-state index in [4.69, 9.17) is 32.7 Å². The number of morpholine rings is 2. The van der Waals surface area contributed by atoms with Crippen molar-refractivity contribution in [1.29, 1.82) is 0 Å². The molecule has 0 aromatic heterocycles. The Labute approximate surface area is 352 Å². The molecule has 1 N–H and O–H groups in total. The second kappa shape index (κ2) is 19.9. The molecule has 3 atom stereocenters. The lowest BCUT2D eigenvalue weighted by atomic mass is 9.94. The number of aryl methyl sites for hydroxylation is 2. The van der Waals surface area contributed by atoms with E-state index in [1.165, 1.54) is 11.1 Å². The van der Waals surface area contributed by atoms with Gasteiger partial charge in [0.15, 0.2) is 5.78 Å². The van der Waals surface area contributed by atoms with E-state index in [-0.39, 0.29) is 18.0 Å². The maximum Gasteiger partial charge on any atom is 0.193 e. The van der Waals surface area contributed by atoms with Crippen LogP contribution in [0.15, 0.2) is 146 Å². The largest absolute Gasteiger partial charge is 0.384 e. The third kappa shape index (κ3) is 10.5. The molecule has 0 bridgehead atoms. The summed E-state index contributed by atoms with van der Waals surface area (Å²) in [4.78, 5) is 17.8. The van der Waals surface area contributed by atoms with Crippen LogP contribution in [0.2, 0.25) is 10.0 Å². The first-order valence-corrected chi connectivity index (χ1v) is 20.7. The van der Waals surface area contributed by atoms with Crippen LogP contribution in [0.5, 0.6) is 0 Å². The molecule has 2 aliphatic heterocycles. The van der Waals surface area contributed by atoms with Gasteiger partial charge in [0.1, 0.15) is 6.10 Å². The number of ether oxygens (including phenoxy) is 2. The van der Waals surface area contributed by atoms with Crippen LogP contribution >= 0.6 is 23.2 Å². The molecule has 2 fully saturated rings. The van der Waals surface area contributed by atoms with Gasteiger partial charge in [-0.15, -0.1) is 0 Å². The van der Waals surface area contributed by atoms with Gasteiger partial charge in [0.05, 0.1) is 25.4 Å². The highest BCUT2D eigenvalue weighted by Crippen LogP contribution is 2.35. The minimum atomic E-state index is -0.868. The minimum absolute atomic E-state index is 0.0163. The number of aliphatic hydroxyl groups excluding tert-OH is 1. The van der Waals surface area contributed by atoms with Gasteiger partial charge < -0.3 is 14.6 Å². The van der Waals surface area contributed by atoms with Gasteiger partial charge in [0.25, 0.3) is 0 Å². The van der Waals surface area contributed by atoms with E-state index in [2.05, 4.69) is 58.3 Å². The minimum Gasteiger partial charge on any atom is -0.384 e. The zero-order valence-corrected chi connectivity index (χ0v) is 34.6. The van der Waals surface area contributed by atoms with Crippen molar-refractivity contribution in [2.45, 2.75) is 45.2 Å². The lowest BCUT2D eigenvalue weighted by molar-refractivity contribution is -0.0330. The van der Waals surface area contributed by atoms with Crippen molar-refractivity contribution < 1.29 is 19.4 Å². The molecule has 0 spiro atoms. The summed E-state index contributed by atoms with van der Waals surface area (Å²) < 4.78 is 12.0. The number of hydrogen-bond donors (Lipinski definition) is 1. The Balaban J connectivity index is 0.000000177. The Morgan fingerprint density at radius 3 is 1.55 bits per heavy atom. The van der Waals surface area contributed by atoms with Gasteiger partial charge in [0.2, 0.25) is 0 Å². The van der Waals surface area contributed by atoms with Crippen molar-refractivity contribution in [2.24, 2.45) is 0 Å². The third-order valence-electron chi connectivity index (χ3n) is 10.9. The van der Waals surface area contributed by atoms with E-state index in [0.29, 0.717) is 22.2 Å². The first-order valence-electron chi connectivity index (χ1n) is 19.9. The summed E-state index contributed by atoms with van der Waals surface area (Å²) in [7, 11) is 0. The Bertz CT molecular complexity index is 2210. The van der Waals surface area contributed by atoms with Crippen LogP contribution in [0, 0.1) is 13.8 Å². The third-order valence-corrected chi connectivity index (χ3v) is 11.6. The van der Waals surface area contributed by atoms with Crippen LogP contribution in [0.25, 0.3) is 0 Å². The summed E-state index contributed by atoms with van der Waals surface area (Å²) >= 11 is 12.5. The predicted molar refractivity (Wildman–Crippen MR) is 234 cm³/mol. The second-order valence-electron chi connectivity index (χ2n) is 15.1. The summed E-state index contributed by atoms with van der Waals surface area (Å²) in [6, 6.07) is 48.1. The van der Waals surface area contributed by atoms with Gasteiger partial charge in [0, 0.05) is 66.0 Å². The Hall–Kier alpha value is -4.63. The van der Waals surface area contributed by atoms with Crippen molar-refractivity contribution in [3.8, 4) is 0 Å². The first-order chi connectivity index (χ1) is 28.2. The van der Waals surface area contributed by atoms with Gasteiger partial charge in [-0.25, -0.2) is 0 Å². The lowest BCUT2D eigenvalue weighted by Gasteiger charge is -2.33. The van der Waals surface area contributed by atoms with Crippen LogP contribution < -0.4 is 0 Å². The normalized spacial score (nSPS) is 17.9. The molecule has 298 valence electrons. The van der Waals surface area contributed by atoms with Crippen molar-refractivity contribution in [1.82, 2.24) is 9.80 Å². The molecule has 8 rings (SSSR count). The number of nitrogens with zero attached hydrogens (tertiary/aromatic N) is 2. The number of benzene rings is 6. The molecule has 3 unspecified atom stereocenters. The van der Waals surface area contributed by atoms with Crippen LogP contribution in [-0.2, 0) is 22.6 Å². The van der Waals surface area contributed by atoms with Gasteiger partial charge >= 0.3 is 0 Å². The Kier molecular flexibility index (Phi) is 14.2. The molecule has 0 aliphatic carbocycles. The van der Waals surface area contributed by atoms with E-state index < -0.39 is 6.10 Å². The van der Waals surface area contributed by atoms with Crippen molar-refractivity contribution in [3.05, 3.63) is 211 Å². The summed E-state index contributed by atoms with van der Waals surface area (Å²) in [6.07, 6.45) is -0.813. The number of carbonyl (C=O) groups is 1. The molecular weight excluding hydrogens is 763 g/mol. The summed E-state index contributed by atoms with van der Waals surface area (Å²) in [6.45, 7) is 10.8. The highest BCUT2D eigenvalue weighted by atomic mass is 35.5. The quantitative estimate of drug-likeness (QED) is 0.139. The Morgan fingerprint density at radius 2 is 1.07 bits per heavy atom. The molecule has 0 radical (unpaired) electrons. The molecule has 2 heterocycles. The topological polar surface area (TPSA) is 62.2 Å². The fourth-order valence-corrected chi connectivity index (χ4v) is 8.38. The molecule has 58 heavy (non-hydrogen) atoms. The van der Waals surface area contributed by atoms with Crippen LogP contribution in [0.4, 0.5) is 0 Å². The predicted octanol–water partition coefficient (Wildman–Crippen LogP) is 10.8. The highest BCUT2D eigenvalue weighted by Gasteiger charge is 2.25. The second-order valence-corrected chi connectivity index (χ2v) is 15.9. The van der Waals surface area contributed by atoms with Gasteiger partial charge in [-0.2, -0.15) is 0 Å². The summed E-state index contributed by atoms with van der Waals surface area (Å²) in [5.74, 6) is 0.0856. The standard InChI is InChI=1S/C26H27NO2.C24H23Cl2NO2/c1-19-7-6-8-20(2)25(19)26(28)23-13-11-22(12-14-23)24-18-27(15-16-29-24)17-21-9-4-3-5-10-21;25-20-7-4-8-21(26)23(20)24(28)19-11-9-18(10-12-19)22-16-27(13-14-29-22)15-17-5-2-1-3-6-17/h3-14,24H,15-18H2,1-2H3;1-12,22,24,28H,13-16H2. The Morgan fingerprint density at radius 1 is 0.621 bits per heavy atom. The number of ketones is 1. The number of halogens is 2. The van der Waals surface area contributed by atoms with Crippen LogP contribution in [0.3, 0.4) is 0 Å². The molecule has 8 heteroatoms. The molecule has 2 aliphatic rings. The summed E-state index contributed by atoms with van der Waals surface area (Å²) in [5, 5.41) is 11.7. The zero-order chi connectivity index (χ0) is 40.4. The van der Waals surface area contributed by atoms with E-state index in [0.717, 1.165) is 84.8 Å². The monoisotopic (exact) mass is 812 g/mol. The molecule has 0 amide bonds. The highest BCUT2D eigenvalue weighted by molar-refractivity contribution is 6.36. The van der Waals surface area contributed by atoms with E-state index in [1.807, 2.05) is 92.7 Å². The van der Waals surface area contributed by atoms with Crippen LogP contribution in [0.1, 0.15) is 78.7 Å². The fraction of sp³-hybridized carbons (Fsp3) is 0.260. The molecular formula is C50H50Cl2N2O4. The lowest BCUT2D eigenvalue weighted by Crippen LogP contribution is -2.37. The molecule has 2 saturated heterocycles. The molecule has 0 saturated carbocycles. The molecule has 6 nitrogen and oxygen atoms in total. The maximum absolute atomic E-state index is 13.0. The molecule has 6 aromatic carbocycles. The number of aliphatic hydroxyl groups is 1. The van der Waals surface area contributed by atoms with Gasteiger partial charge in [-0.05, 0) is 64.9 Å². The van der Waals surface area contributed by atoms with Crippen molar-refractivity contribution in [2.75, 3.05) is 39.4 Å². The molecule has 6 aromatic rings.